The van der Waals surface area contributed by atoms with E-state index >= 15 is 0 Å². The van der Waals surface area contributed by atoms with Crippen LogP contribution in [0.1, 0.15) is 5.01 Å². The van der Waals surface area contributed by atoms with Gasteiger partial charge in [0.1, 0.15) is 16.0 Å². The SMILES string of the molecule is O=[N+]([O-])c1cccc(S(=O)NCc2nc3ccccc3s2)c1. The minimum absolute atomic E-state index is 0.0763. The molecule has 0 fully saturated rings. The van der Waals surface area contributed by atoms with Gasteiger partial charge in [0.05, 0.1) is 26.6 Å². The first kappa shape index (κ1) is 14.8. The number of hydrogen-bond donors (Lipinski definition) is 1. The number of para-hydroxylation sites is 1. The van der Waals surface area contributed by atoms with E-state index in [4.69, 9.17) is 0 Å². The van der Waals surface area contributed by atoms with E-state index in [0.29, 0.717) is 11.4 Å². The number of benzene rings is 2. The first-order chi connectivity index (χ1) is 10.6. The molecule has 1 atom stereocenters. The molecule has 0 saturated heterocycles. The number of nitrogens with one attached hydrogen (secondary N) is 1. The fraction of sp³-hybridized carbons (Fsp3) is 0.0714. The molecule has 1 unspecified atom stereocenters. The molecule has 0 saturated carbocycles. The quantitative estimate of drug-likeness (QED) is 0.574. The number of thiazole rings is 1. The minimum Gasteiger partial charge on any atom is -0.258 e. The fourth-order valence-electron chi connectivity index (χ4n) is 1.92. The van der Waals surface area contributed by atoms with Gasteiger partial charge in [0, 0.05) is 12.1 Å². The predicted molar refractivity (Wildman–Crippen MR) is 86.0 cm³/mol. The summed E-state index contributed by atoms with van der Waals surface area (Å²) in [6.45, 7) is 0.342. The lowest BCUT2D eigenvalue weighted by Crippen LogP contribution is -2.16. The molecule has 1 N–H and O–H groups in total. The molecule has 8 heteroatoms. The van der Waals surface area contributed by atoms with Crippen molar-refractivity contribution < 1.29 is 9.13 Å². The molecule has 2 aromatic carbocycles. The Morgan fingerprint density at radius 3 is 2.82 bits per heavy atom. The second kappa shape index (κ2) is 6.30. The zero-order valence-corrected chi connectivity index (χ0v) is 12.9. The van der Waals surface area contributed by atoms with Crippen LogP contribution in [-0.4, -0.2) is 14.1 Å². The molecule has 0 radical (unpaired) electrons. The highest BCUT2D eigenvalue weighted by Crippen LogP contribution is 2.21. The third-order valence-electron chi connectivity index (χ3n) is 2.94. The molecular weight excluding hydrogens is 322 g/mol. The number of hydrogen-bond acceptors (Lipinski definition) is 5. The Morgan fingerprint density at radius 1 is 1.23 bits per heavy atom. The lowest BCUT2D eigenvalue weighted by molar-refractivity contribution is -0.385. The fourth-order valence-corrected chi connectivity index (χ4v) is 3.78. The molecule has 1 heterocycles. The van der Waals surface area contributed by atoms with Crippen LogP contribution in [0.3, 0.4) is 0 Å². The standard InChI is InChI=1S/C14H11N3O3S2/c18-17(19)10-4-3-5-11(8-10)22(20)15-9-14-16-12-6-1-2-7-13(12)21-14/h1-8,15H,9H2. The summed E-state index contributed by atoms with van der Waals surface area (Å²) in [7, 11) is -1.52. The number of non-ortho nitro benzene ring substituents is 1. The molecule has 0 amide bonds. The van der Waals surface area contributed by atoms with E-state index in [0.717, 1.165) is 15.2 Å². The maximum absolute atomic E-state index is 12.2. The van der Waals surface area contributed by atoms with Crippen molar-refractivity contribution in [3.8, 4) is 0 Å². The van der Waals surface area contributed by atoms with Crippen molar-refractivity contribution in [2.75, 3.05) is 0 Å². The van der Waals surface area contributed by atoms with E-state index in [-0.39, 0.29) is 5.69 Å². The van der Waals surface area contributed by atoms with Gasteiger partial charge in [-0.3, -0.25) is 10.1 Å². The number of nitro groups is 1. The molecule has 3 aromatic rings. The van der Waals surface area contributed by atoms with Gasteiger partial charge in [0.15, 0.2) is 0 Å². The van der Waals surface area contributed by atoms with Crippen LogP contribution in [0.4, 0.5) is 5.69 Å². The molecule has 6 nitrogen and oxygen atoms in total. The second-order valence-electron chi connectivity index (χ2n) is 4.42. The Hall–Kier alpha value is -2.16. The summed E-state index contributed by atoms with van der Waals surface area (Å²) in [6.07, 6.45) is 0. The number of fused-ring (bicyclic) bond motifs is 1. The molecule has 0 aliphatic heterocycles. The molecule has 3 rings (SSSR count). The average Bonchev–Trinajstić information content (AvgIpc) is 2.95. The smallest absolute Gasteiger partial charge is 0.258 e. The van der Waals surface area contributed by atoms with Crippen LogP contribution < -0.4 is 4.72 Å². The summed E-state index contributed by atoms with van der Waals surface area (Å²) < 4.78 is 16.1. The zero-order valence-electron chi connectivity index (χ0n) is 11.3. The topological polar surface area (TPSA) is 85.1 Å². The number of rotatable bonds is 5. The van der Waals surface area contributed by atoms with Gasteiger partial charge in [-0.15, -0.1) is 11.3 Å². The van der Waals surface area contributed by atoms with Crippen LogP contribution >= 0.6 is 11.3 Å². The third kappa shape index (κ3) is 3.19. The monoisotopic (exact) mass is 333 g/mol. The maximum Gasteiger partial charge on any atom is 0.270 e. The van der Waals surface area contributed by atoms with E-state index in [1.165, 1.54) is 29.5 Å². The van der Waals surface area contributed by atoms with Crippen LogP contribution in [0.25, 0.3) is 10.2 Å². The normalized spacial score (nSPS) is 12.4. The first-order valence-electron chi connectivity index (χ1n) is 6.37. The molecule has 22 heavy (non-hydrogen) atoms. The maximum atomic E-state index is 12.2. The summed E-state index contributed by atoms with van der Waals surface area (Å²) >= 11 is 1.53. The lowest BCUT2D eigenvalue weighted by Gasteiger charge is -2.02. The first-order valence-corrected chi connectivity index (χ1v) is 8.34. The van der Waals surface area contributed by atoms with Gasteiger partial charge < -0.3 is 0 Å². The molecule has 0 spiro atoms. The highest BCUT2D eigenvalue weighted by atomic mass is 32.2. The van der Waals surface area contributed by atoms with Gasteiger partial charge in [0.25, 0.3) is 5.69 Å². The Balaban J connectivity index is 1.71. The molecule has 0 aliphatic rings. The summed E-state index contributed by atoms with van der Waals surface area (Å²) in [4.78, 5) is 15.0. The average molecular weight is 333 g/mol. The van der Waals surface area contributed by atoms with E-state index in [9.17, 15) is 14.3 Å². The van der Waals surface area contributed by atoms with E-state index in [2.05, 4.69) is 9.71 Å². The minimum atomic E-state index is -1.52. The molecule has 0 bridgehead atoms. The van der Waals surface area contributed by atoms with Gasteiger partial charge in [-0.25, -0.2) is 13.9 Å². The number of nitrogens with zero attached hydrogens (tertiary/aromatic N) is 2. The van der Waals surface area contributed by atoms with Crippen LogP contribution in [0.2, 0.25) is 0 Å². The molecule has 112 valence electrons. The van der Waals surface area contributed by atoms with Gasteiger partial charge in [-0.05, 0) is 18.2 Å². The predicted octanol–water partition coefficient (Wildman–Crippen LogP) is 3.02. The molecular formula is C14H11N3O3S2. The summed E-state index contributed by atoms with van der Waals surface area (Å²) in [6, 6.07) is 13.6. The van der Waals surface area contributed by atoms with Crippen molar-refractivity contribution in [2.45, 2.75) is 11.4 Å². The number of nitro benzene ring substituents is 1. The largest absolute Gasteiger partial charge is 0.270 e. The van der Waals surface area contributed by atoms with E-state index < -0.39 is 15.9 Å². The summed E-state index contributed by atoms with van der Waals surface area (Å²) in [5, 5.41) is 11.6. The van der Waals surface area contributed by atoms with Crippen molar-refractivity contribution >= 4 is 38.2 Å². The molecule has 1 aromatic heterocycles. The van der Waals surface area contributed by atoms with Crippen molar-refractivity contribution in [3.63, 3.8) is 0 Å². The highest BCUT2D eigenvalue weighted by Gasteiger charge is 2.11. The van der Waals surface area contributed by atoms with Gasteiger partial charge >= 0.3 is 0 Å². The van der Waals surface area contributed by atoms with Gasteiger partial charge in [0.2, 0.25) is 0 Å². The highest BCUT2D eigenvalue weighted by molar-refractivity contribution is 7.83. The second-order valence-corrected chi connectivity index (χ2v) is 6.83. The zero-order chi connectivity index (χ0) is 15.5. The summed E-state index contributed by atoms with van der Waals surface area (Å²) in [5.41, 5.74) is 0.832. The Morgan fingerprint density at radius 2 is 2.05 bits per heavy atom. The van der Waals surface area contributed by atoms with Crippen molar-refractivity contribution in [1.82, 2.24) is 9.71 Å². The van der Waals surface area contributed by atoms with Crippen LogP contribution in [-0.2, 0) is 17.5 Å². The lowest BCUT2D eigenvalue weighted by atomic mass is 10.3. The Labute approximate surface area is 132 Å². The van der Waals surface area contributed by atoms with E-state index in [1.54, 1.807) is 6.07 Å². The van der Waals surface area contributed by atoms with Crippen LogP contribution in [0.5, 0.6) is 0 Å². The van der Waals surface area contributed by atoms with Crippen molar-refractivity contribution in [2.24, 2.45) is 0 Å². The summed E-state index contributed by atoms with van der Waals surface area (Å²) in [5.74, 6) is 0. The van der Waals surface area contributed by atoms with Gasteiger partial charge in [-0.2, -0.15) is 0 Å². The third-order valence-corrected chi connectivity index (χ3v) is 5.06. The number of aromatic nitrogens is 1. The molecule has 0 aliphatic carbocycles. The van der Waals surface area contributed by atoms with E-state index in [1.807, 2.05) is 24.3 Å². The van der Waals surface area contributed by atoms with Gasteiger partial charge in [-0.1, -0.05) is 18.2 Å². The van der Waals surface area contributed by atoms with Crippen molar-refractivity contribution in [1.29, 1.82) is 0 Å². The van der Waals surface area contributed by atoms with Crippen LogP contribution in [0.15, 0.2) is 53.4 Å². The van der Waals surface area contributed by atoms with Crippen LogP contribution in [0, 0.1) is 10.1 Å². The Kier molecular flexibility index (Phi) is 4.23. The van der Waals surface area contributed by atoms with Crippen molar-refractivity contribution in [3.05, 3.63) is 63.7 Å². The Bertz CT molecular complexity index is 830.